The van der Waals surface area contributed by atoms with Crippen molar-refractivity contribution in [2.75, 3.05) is 37.6 Å². The molecule has 2 aromatic carbocycles. The number of carbonyl (C=O) groups is 1. The maximum atomic E-state index is 14.2. The van der Waals surface area contributed by atoms with Crippen molar-refractivity contribution in [2.45, 2.75) is 45.1 Å². The summed E-state index contributed by atoms with van der Waals surface area (Å²) in [5.41, 5.74) is 7.53. The number of anilines is 1. The number of carbonyl (C=O) groups excluding carboxylic acids is 1. The molecule has 2 aliphatic rings. The van der Waals surface area contributed by atoms with Gasteiger partial charge in [0.2, 0.25) is 5.82 Å². The molecule has 0 radical (unpaired) electrons. The molecule has 48 heavy (non-hydrogen) atoms. The summed E-state index contributed by atoms with van der Waals surface area (Å²) in [5.74, 6) is -4.39. The minimum Gasteiger partial charge on any atom is -0.358 e. The number of thiocarbonyl (C=S) groups is 1. The molecule has 16 heteroatoms. The van der Waals surface area contributed by atoms with Crippen LogP contribution >= 0.6 is 12.2 Å². The minimum atomic E-state index is -4.79. The summed E-state index contributed by atoms with van der Waals surface area (Å²) < 4.78 is 86.2. The first-order chi connectivity index (χ1) is 22.8. The second kappa shape index (κ2) is 13.2. The Hall–Kier alpha value is -4.44. The number of fused-ring (bicyclic) bond motifs is 1. The summed E-state index contributed by atoms with van der Waals surface area (Å²) in [7, 11) is 0. The Morgan fingerprint density at radius 2 is 1.60 bits per heavy atom. The highest BCUT2D eigenvalue weighted by Gasteiger charge is 2.42. The zero-order valence-electron chi connectivity index (χ0n) is 25.9. The molecule has 1 atom stereocenters. The predicted molar refractivity (Wildman–Crippen MR) is 169 cm³/mol. The van der Waals surface area contributed by atoms with Crippen molar-refractivity contribution in [1.29, 1.82) is 0 Å². The van der Waals surface area contributed by atoms with Gasteiger partial charge in [-0.05, 0) is 37.1 Å². The SMILES string of the molecule is Cc1cc(N2CCN(C(=O)c3nc(C(F)(F)F)n4c3CN(C(=S)C[C@@H](N)Cc3cc(F)c(F)cc3F)CC4)CC2)n(-c2ccccc2)n1. The molecule has 4 heterocycles. The number of rotatable bonds is 7. The lowest BCUT2D eigenvalue weighted by atomic mass is 10.0. The third-order valence-corrected chi connectivity index (χ3v) is 8.95. The highest BCUT2D eigenvalue weighted by molar-refractivity contribution is 7.80. The molecule has 0 saturated carbocycles. The van der Waals surface area contributed by atoms with Gasteiger partial charge >= 0.3 is 6.18 Å². The minimum absolute atomic E-state index is 0.0261. The molecular weight excluding hydrogens is 658 g/mol. The number of imidazole rings is 1. The van der Waals surface area contributed by atoms with Crippen LogP contribution in [0.4, 0.5) is 32.2 Å². The van der Waals surface area contributed by atoms with E-state index in [1.165, 1.54) is 4.90 Å². The maximum Gasteiger partial charge on any atom is 0.449 e. The lowest BCUT2D eigenvalue weighted by Gasteiger charge is -2.36. The summed E-state index contributed by atoms with van der Waals surface area (Å²) in [6.07, 6.45) is -4.91. The topological polar surface area (TPSA) is 88.5 Å². The van der Waals surface area contributed by atoms with Crippen molar-refractivity contribution >= 4 is 28.9 Å². The van der Waals surface area contributed by atoms with Crippen molar-refractivity contribution in [1.82, 2.24) is 29.1 Å². The fourth-order valence-electron chi connectivity index (χ4n) is 6.16. The maximum absolute atomic E-state index is 14.2. The van der Waals surface area contributed by atoms with E-state index in [9.17, 15) is 31.1 Å². The highest BCUT2D eigenvalue weighted by Crippen LogP contribution is 2.33. The Balaban J connectivity index is 1.16. The Morgan fingerprint density at radius 1 is 0.938 bits per heavy atom. The molecule has 0 bridgehead atoms. The second-order valence-corrected chi connectivity index (χ2v) is 12.4. The molecule has 1 saturated heterocycles. The first kappa shape index (κ1) is 33.5. The first-order valence-electron chi connectivity index (χ1n) is 15.3. The Labute approximate surface area is 277 Å². The highest BCUT2D eigenvalue weighted by atomic mass is 32.1. The molecule has 2 N–H and O–H groups in total. The van der Waals surface area contributed by atoms with Crippen LogP contribution < -0.4 is 10.6 Å². The number of nitrogens with zero attached hydrogens (tertiary/aromatic N) is 7. The smallest absolute Gasteiger partial charge is 0.358 e. The van der Waals surface area contributed by atoms with Crippen LogP contribution in [0.3, 0.4) is 0 Å². The Morgan fingerprint density at radius 3 is 2.29 bits per heavy atom. The van der Waals surface area contributed by atoms with Crippen LogP contribution in [0.15, 0.2) is 48.5 Å². The Bertz CT molecular complexity index is 1830. The number of aryl methyl sites for hydroxylation is 1. The lowest BCUT2D eigenvalue weighted by Crippen LogP contribution is -2.49. The van der Waals surface area contributed by atoms with E-state index in [2.05, 4.69) is 15.0 Å². The number of benzene rings is 2. The summed E-state index contributed by atoms with van der Waals surface area (Å²) >= 11 is 5.55. The molecule has 4 aromatic rings. The van der Waals surface area contributed by atoms with E-state index in [1.807, 2.05) is 48.0 Å². The first-order valence-corrected chi connectivity index (χ1v) is 15.7. The van der Waals surface area contributed by atoms with Crippen LogP contribution in [0, 0.1) is 24.4 Å². The summed E-state index contributed by atoms with van der Waals surface area (Å²) in [6, 6.07) is 11.9. The molecule has 1 fully saturated rings. The summed E-state index contributed by atoms with van der Waals surface area (Å²) in [5, 5.41) is 4.61. The largest absolute Gasteiger partial charge is 0.449 e. The molecule has 6 rings (SSSR count). The molecule has 1 amide bonds. The van der Waals surface area contributed by atoms with Crippen LogP contribution in [0.2, 0.25) is 0 Å². The van der Waals surface area contributed by atoms with E-state index in [0.717, 1.165) is 27.8 Å². The molecule has 0 unspecified atom stereocenters. The van der Waals surface area contributed by atoms with Crippen LogP contribution in [0.25, 0.3) is 5.69 Å². The number of hydrogen-bond donors (Lipinski definition) is 1. The second-order valence-electron chi connectivity index (χ2n) is 11.9. The van der Waals surface area contributed by atoms with Gasteiger partial charge in [-0.1, -0.05) is 30.4 Å². The van der Waals surface area contributed by atoms with Gasteiger partial charge in [0, 0.05) is 63.9 Å². The average molecular weight is 691 g/mol. The number of hydrogen-bond acceptors (Lipinski definition) is 6. The van der Waals surface area contributed by atoms with Crippen molar-refractivity contribution in [3.8, 4) is 5.69 Å². The number of aromatic nitrogens is 4. The number of nitrogens with two attached hydrogens (primary N) is 1. The molecule has 0 aliphatic carbocycles. The number of alkyl halides is 3. The van der Waals surface area contributed by atoms with Crippen molar-refractivity contribution < 1.29 is 31.1 Å². The van der Waals surface area contributed by atoms with Gasteiger partial charge < -0.3 is 25.0 Å². The lowest BCUT2D eigenvalue weighted by molar-refractivity contribution is -0.147. The van der Waals surface area contributed by atoms with Gasteiger partial charge in [-0.3, -0.25) is 4.79 Å². The molecule has 2 aromatic heterocycles. The van der Waals surface area contributed by atoms with Gasteiger partial charge in [0.1, 0.15) is 11.6 Å². The molecule has 254 valence electrons. The molecule has 9 nitrogen and oxygen atoms in total. The standard InChI is InChI=1S/C32H32F6N8OS/c1-19-13-27(46(41-19)22-5-3-2-4-6-22)42-7-9-43(10-8-42)30(47)29-26-18-44(11-12-45(26)31(40-29)32(36,37)38)28(48)16-21(39)14-20-15-24(34)25(35)17-23(20)33/h2-6,13,15,17,21H,7-12,14,16,18,39H2,1H3/t21-/m0/s1. The predicted octanol–water partition coefficient (Wildman–Crippen LogP) is 4.88. The van der Waals surface area contributed by atoms with E-state index < -0.39 is 41.4 Å². The number of para-hydroxylation sites is 1. The van der Waals surface area contributed by atoms with E-state index in [-0.39, 0.29) is 67.5 Å². The third kappa shape index (κ3) is 6.76. The van der Waals surface area contributed by atoms with Crippen LogP contribution in [0.1, 0.15) is 39.7 Å². The van der Waals surface area contributed by atoms with E-state index in [1.54, 1.807) is 4.90 Å². The van der Waals surface area contributed by atoms with Crippen molar-refractivity contribution in [3.05, 3.63) is 94.5 Å². The van der Waals surface area contributed by atoms with Crippen LogP contribution in [0.5, 0.6) is 0 Å². The van der Waals surface area contributed by atoms with Crippen molar-refractivity contribution in [2.24, 2.45) is 5.73 Å². The van der Waals surface area contributed by atoms with E-state index in [4.69, 9.17) is 18.0 Å². The summed E-state index contributed by atoms with van der Waals surface area (Å²) in [6.45, 7) is 3.10. The number of piperazine rings is 1. The number of halogens is 6. The van der Waals surface area contributed by atoms with Gasteiger partial charge in [0.15, 0.2) is 17.3 Å². The van der Waals surface area contributed by atoms with Gasteiger partial charge in [-0.15, -0.1) is 0 Å². The van der Waals surface area contributed by atoms with Gasteiger partial charge in [-0.2, -0.15) is 18.3 Å². The fraction of sp³-hybridized carbons (Fsp3) is 0.375. The van der Waals surface area contributed by atoms with E-state index in [0.29, 0.717) is 19.2 Å². The molecular formula is C32H32F6N8OS. The van der Waals surface area contributed by atoms with Gasteiger partial charge in [0.25, 0.3) is 5.91 Å². The van der Waals surface area contributed by atoms with Crippen molar-refractivity contribution in [3.63, 3.8) is 0 Å². The third-order valence-electron chi connectivity index (χ3n) is 8.53. The van der Waals surface area contributed by atoms with Gasteiger partial charge in [0.05, 0.1) is 28.6 Å². The number of amides is 1. The van der Waals surface area contributed by atoms with Crippen LogP contribution in [-0.4, -0.2) is 78.8 Å². The van der Waals surface area contributed by atoms with E-state index >= 15 is 0 Å². The summed E-state index contributed by atoms with van der Waals surface area (Å²) in [4.78, 5) is 23.1. The average Bonchev–Trinajstić information content (AvgIpc) is 3.64. The Kier molecular flexibility index (Phi) is 9.22. The molecule has 0 spiro atoms. The zero-order chi connectivity index (χ0) is 34.3. The normalized spacial score (nSPS) is 15.9. The monoisotopic (exact) mass is 690 g/mol. The quantitative estimate of drug-likeness (QED) is 0.168. The zero-order valence-corrected chi connectivity index (χ0v) is 26.7. The van der Waals surface area contributed by atoms with Crippen LogP contribution in [-0.2, 0) is 25.7 Å². The van der Waals surface area contributed by atoms with Gasteiger partial charge in [-0.25, -0.2) is 22.8 Å². The fourth-order valence-corrected chi connectivity index (χ4v) is 6.53. The molecule has 2 aliphatic heterocycles.